The number of nitrogens with one attached hydrogen (secondary N) is 1. The number of benzene rings is 1. The summed E-state index contributed by atoms with van der Waals surface area (Å²) in [5.74, 6) is 0. The molecule has 1 N–H and O–H groups in total. The van der Waals surface area contributed by atoms with Crippen molar-refractivity contribution >= 4 is 5.69 Å². The van der Waals surface area contributed by atoms with E-state index in [1.165, 1.54) is 18.5 Å². The molecule has 1 aliphatic rings. The molecule has 1 heterocycles. The standard InChI is InChI=1S/C11H16N2/c1-13(11-8-5-9-12-11)10-6-3-2-4-7-10/h2-4,6-7,11-12H,5,8-9H2,1H3. The smallest absolute Gasteiger partial charge is 0.0793 e. The predicted octanol–water partition coefficient (Wildman–Crippen LogP) is 1.83. The Bertz CT molecular complexity index is 252. The molecule has 0 aliphatic carbocycles. The molecule has 2 heteroatoms. The summed E-state index contributed by atoms with van der Waals surface area (Å²) in [5.41, 5.74) is 1.29. The minimum Gasteiger partial charge on any atom is -0.359 e. The first-order valence-electron chi connectivity index (χ1n) is 4.89. The zero-order valence-electron chi connectivity index (χ0n) is 8.03. The van der Waals surface area contributed by atoms with Gasteiger partial charge in [-0.25, -0.2) is 0 Å². The highest BCUT2D eigenvalue weighted by Gasteiger charge is 2.18. The second kappa shape index (κ2) is 3.79. The van der Waals surface area contributed by atoms with Crippen LogP contribution < -0.4 is 10.2 Å². The molecule has 1 aromatic carbocycles. The third-order valence-electron chi connectivity index (χ3n) is 2.67. The Balaban J connectivity index is 2.08. The summed E-state index contributed by atoms with van der Waals surface area (Å²) in [6.45, 7) is 1.15. The first-order chi connectivity index (χ1) is 6.38. The van der Waals surface area contributed by atoms with Crippen molar-refractivity contribution in [2.24, 2.45) is 0 Å². The number of nitrogens with zero attached hydrogens (tertiary/aromatic N) is 1. The maximum absolute atomic E-state index is 3.48. The van der Waals surface area contributed by atoms with Gasteiger partial charge in [-0.1, -0.05) is 18.2 Å². The molecule has 1 fully saturated rings. The van der Waals surface area contributed by atoms with Gasteiger partial charge in [-0.15, -0.1) is 0 Å². The molecule has 0 saturated carbocycles. The van der Waals surface area contributed by atoms with E-state index in [9.17, 15) is 0 Å². The van der Waals surface area contributed by atoms with Crippen LogP contribution >= 0.6 is 0 Å². The first-order valence-corrected chi connectivity index (χ1v) is 4.89. The van der Waals surface area contributed by atoms with Gasteiger partial charge in [-0.05, 0) is 31.5 Å². The van der Waals surface area contributed by atoms with Gasteiger partial charge in [0.2, 0.25) is 0 Å². The number of hydrogen-bond acceptors (Lipinski definition) is 2. The van der Waals surface area contributed by atoms with Crippen molar-refractivity contribution in [2.45, 2.75) is 19.0 Å². The maximum Gasteiger partial charge on any atom is 0.0793 e. The van der Waals surface area contributed by atoms with E-state index in [1.54, 1.807) is 0 Å². The van der Waals surface area contributed by atoms with E-state index in [2.05, 4.69) is 47.6 Å². The van der Waals surface area contributed by atoms with Gasteiger partial charge in [-0.2, -0.15) is 0 Å². The normalized spacial score (nSPS) is 21.8. The fraction of sp³-hybridized carbons (Fsp3) is 0.455. The Morgan fingerprint density at radius 3 is 2.69 bits per heavy atom. The molecular weight excluding hydrogens is 160 g/mol. The van der Waals surface area contributed by atoms with Crippen LogP contribution in [0.1, 0.15) is 12.8 Å². The van der Waals surface area contributed by atoms with Crippen molar-refractivity contribution in [3.05, 3.63) is 30.3 Å². The molecule has 1 unspecified atom stereocenters. The number of hydrogen-bond donors (Lipinski definition) is 1. The number of rotatable bonds is 2. The zero-order valence-corrected chi connectivity index (χ0v) is 8.03. The van der Waals surface area contributed by atoms with E-state index < -0.39 is 0 Å². The third kappa shape index (κ3) is 1.83. The van der Waals surface area contributed by atoms with Gasteiger partial charge in [0.1, 0.15) is 0 Å². The minimum absolute atomic E-state index is 0.530. The molecule has 0 bridgehead atoms. The Morgan fingerprint density at radius 2 is 2.08 bits per heavy atom. The van der Waals surface area contributed by atoms with Gasteiger partial charge in [0, 0.05) is 12.7 Å². The van der Waals surface area contributed by atoms with E-state index in [0.29, 0.717) is 6.17 Å². The highest BCUT2D eigenvalue weighted by molar-refractivity contribution is 5.46. The van der Waals surface area contributed by atoms with Crippen LogP contribution in [0, 0.1) is 0 Å². The molecule has 1 atom stereocenters. The van der Waals surface area contributed by atoms with E-state index in [-0.39, 0.29) is 0 Å². The second-order valence-corrected chi connectivity index (χ2v) is 3.56. The topological polar surface area (TPSA) is 15.3 Å². The predicted molar refractivity (Wildman–Crippen MR) is 55.9 cm³/mol. The molecule has 0 radical (unpaired) electrons. The molecule has 1 aliphatic heterocycles. The quantitative estimate of drug-likeness (QED) is 0.739. The van der Waals surface area contributed by atoms with Crippen molar-refractivity contribution in [1.29, 1.82) is 0 Å². The van der Waals surface area contributed by atoms with Crippen molar-refractivity contribution in [1.82, 2.24) is 5.32 Å². The Morgan fingerprint density at radius 1 is 1.31 bits per heavy atom. The SMILES string of the molecule is CN(c1ccccc1)C1CCCN1. The van der Waals surface area contributed by atoms with Gasteiger partial charge < -0.3 is 4.90 Å². The van der Waals surface area contributed by atoms with Crippen molar-refractivity contribution in [2.75, 3.05) is 18.5 Å². The molecule has 1 aromatic rings. The van der Waals surface area contributed by atoms with Crippen LogP contribution in [-0.2, 0) is 0 Å². The molecule has 70 valence electrons. The summed E-state index contributed by atoms with van der Waals surface area (Å²) in [7, 11) is 2.15. The third-order valence-corrected chi connectivity index (χ3v) is 2.67. The summed E-state index contributed by atoms with van der Waals surface area (Å²) < 4.78 is 0. The second-order valence-electron chi connectivity index (χ2n) is 3.56. The molecule has 2 nitrogen and oxygen atoms in total. The summed E-state index contributed by atoms with van der Waals surface area (Å²) in [4.78, 5) is 2.31. The van der Waals surface area contributed by atoms with Crippen LogP contribution in [0.2, 0.25) is 0 Å². The van der Waals surface area contributed by atoms with Gasteiger partial charge in [0.05, 0.1) is 6.17 Å². The summed E-state index contributed by atoms with van der Waals surface area (Å²) >= 11 is 0. The van der Waals surface area contributed by atoms with Crippen LogP contribution in [0.5, 0.6) is 0 Å². The van der Waals surface area contributed by atoms with Crippen LogP contribution in [0.25, 0.3) is 0 Å². The summed E-state index contributed by atoms with van der Waals surface area (Å²) in [6, 6.07) is 10.5. The van der Waals surface area contributed by atoms with E-state index in [1.807, 2.05) is 0 Å². The molecule has 2 rings (SSSR count). The largest absolute Gasteiger partial charge is 0.359 e. The van der Waals surface area contributed by atoms with Crippen LogP contribution in [0.4, 0.5) is 5.69 Å². The van der Waals surface area contributed by atoms with Gasteiger partial charge >= 0.3 is 0 Å². The van der Waals surface area contributed by atoms with Crippen molar-refractivity contribution in [3.8, 4) is 0 Å². The fourth-order valence-electron chi connectivity index (χ4n) is 1.84. The van der Waals surface area contributed by atoms with Gasteiger partial charge in [-0.3, -0.25) is 5.32 Å². The lowest BCUT2D eigenvalue weighted by Crippen LogP contribution is -2.38. The van der Waals surface area contributed by atoms with Crippen LogP contribution in [0.3, 0.4) is 0 Å². The average Bonchev–Trinajstić information content (AvgIpc) is 2.71. The van der Waals surface area contributed by atoms with E-state index >= 15 is 0 Å². The zero-order chi connectivity index (χ0) is 9.10. The molecule has 0 amide bonds. The lowest BCUT2D eigenvalue weighted by molar-refractivity contribution is 0.594. The summed E-state index contributed by atoms with van der Waals surface area (Å²) in [5, 5.41) is 3.48. The lowest BCUT2D eigenvalue weighted by Gasteiger charge is -2.26. The molecule has 0 aromatic heterocycles. The molecule has 13 heavy (non-hydrogen) atoms. The van der Waals surface area contributed by atoms with Crippen molar-refractivity contribution < 1.29 is 0 Å². The molecule has 1 saturated heterocycles. The van der Waals surface area contributed by atoms with Crippen LogP contribution in [0.15, 0.2) is 30.3 Å². The van der Waals surface area contributed by atoms with E-state index in [0.717, 1.165) is 6.54 Å². The Labute approximate surface area is 79.6 Å². The van der Waals surface area contributed by atoms with Crippen molar-refractivity contribution in [3.63, 3.8) is 0 Å². The first kappa shape index (κ1) is 8.57. The summed E-state index contributed by atoms with van der Waals surface area (Å²) in [6.07, 6.45) is 3.08. The van der Waals surface area contributed by atoms with Gasteiger partial charge in [0.15, 0.2) is 0 Å². The highest BCUT2D eigenvalue weighted by atomic mass is 15.3. The fourth-order valence-corrected chi connectivity index (χ4v) is 1.84. The molecule has 0 spiro atoms. The van der Waals surface area contributed by atoms with E-state index in [4.69, 9.17) is 0 Å². The average molecular weight is 176 g/mol. The Hall–Kier alpha value is -1.02. The maximum atomic E-state index is 3.48. The highest BCUT2D eigenvalue weighted by Crippen LogP contribution is 2.17. The molecular formula is C11H16N2. The number of anilines is 1. The lowest BCUT2D eigenvalue weighted by atomic mass is 10.2. The van der Waals surface area contributed by atoms with Gasteiger partial charge in [0.25, 0.3) is 0 Å². The monoisotopic (exact) mass is 176 g/mol. The van der Waals surface area contributed by atoms with Crippen LogP contribution in [-0.4, -0.2) is 19.8 Å². The number of para-hydroxylation sites is 1. The Kier molecular flexibility index (Phi) is 2.50. The minimum atomic E-state index is 0.530.